The minimum absolute atomic E-state index is 0.402. The van der Waals surface area contributed by atoms with Crippen LogP contribution in [0.1, 0.15) is 25.6 Å². The van der Waals surface area contributed by atoms with Gasteiger partial charge in [-0.3, -0.25) is 0 Å². The first-order valence-electron chi connectivity index (χ1n) is 6.57. The van der Waals surface area contributed by atoms with E-state index in [0.717, 1.165) is 22.1 Å². The molecule has 0 saturated carbocycles. The highest BCUT2D eigenvalue weighted by atomic mass is 32.1. The molecule has 0 spiro atoms. The summed E-state index contributed by atoms with van der Waals surface area (Å²) < 4.78 is 5.45. The summed E-state index contributed by atoms with van der Waals surface area (Å²) in [6.45, 7) is 9.02. The molecule has 0 saturated heterocycles. The number of anilines is 1. The van der Waals surface area contributed by atoms with Gasteiger partial charge in [-0.2, -0.15) is 0 Å². The van der Waals surface area contributed by atoms with Gasteiger partial charge >= 0.3 is 0 Å². The molecule has 0 radical (unpaired) electrons. The third kappa shape index (κ3) is 3.47. The Morgan fingerprint density at radius 3 is 2.53 bits per heavy atom. The minimum atomic E-state index is 0.402. The van der Waals surface area contributed by atoms with Gasteiger partial charge < -0.3 is 10.1 Å². The Bertz CT molecular complexity index is 532. The van der Waals surface area contributed by atoms with Crippen molar-refractivity contribution < 1.29 is 4.74 Å². The van der Waals surface area contributed by atoms with Gasteiger partial charge in [0.15, 0.2) is 5.13 Å². The van der Waals surface area contributed by atoms with Gasteiger partial charge in [0.1, 0.15) is 5.75 Å². The second-order valence-corrected chi connectivity index (χ2v) is 5.88. The molecule has 0 aliphatic carbocycles. The van der Waals surface area contributed by atoms with E-state index in [-0.39, 0.29) is 0 Å². The molecular weight excluding hydrogens is 256 g/mol. The molecule has 1 aromatic heterocycles. The van der Waals surface area contributed by atoms with Crippen LogP contribution in [0.2, 0.25) is 0 Å². The van der Waals surface area contributed by atoms with Crippen LogP contribution in [0.25, 0.3) is 11.3 Å². The van der Waals surface area contributed by atoms with Crippen molar-refractivity contribution >= 4 is 16.5 Å². The summed E-state index contributed by atoms with van der Waals surface area (Å²) in [5, 5.41) is 4.33. The Labute approximate surface area is 118 Å². The average Bonchev–Trinajstić information content (AvgIpc) is 2.71. The Balaban J connectivity index is 2.23. The van der Waals surface area contributed by atoms with Gasteiger partial charge in [-0.15, -0.1) is 11.3 Å². The van der Waals surface area contributed by atoms with Gasteiger partial charge in [0.25, 0.3) is 0 Å². The molecule has 2 rings (SSSR count). The third-order valence-corrected chi connectivity index (χ3v) is 3.55. The van der Waals surface area contributed by atoms with E-state index in [1.807, 2.05) is 19.1 Å². The molecule has 0 amide bonds. The Morgan fingerprint density at radius 2 is 1.95 bits per heavy atom. The predicted molar refractivity (Wildman–Crippen MR) is 82.2 cm³/mol. The fraction of sp³-hybridized carbons (Fsp3) is 0.400. The second-order valence-electron chi connectivity index (χ2n) is 4.68. The zero-order valence-corrected chi connectivity index (χ0v) is 12.7. The summed E-state index contributed by atoms with van der Waals surface area (Å²) in [6, 6.07) is 8.51. The summed E-state index contributed by atoms with van der Waals surface area (Å²) >= 11 is 1.70. The van der Waals surface area contributed by atoms with Crippen LogP contribution in [0.4, 0.5) is 5.13 Å². The van der Waals surface area contributed by atoms with E-state index in [1.54, 1.807) is 11.3 Å². The molecule has 102 valence electrons. The van der Waals surface area contributed by atoms with Gasteiger partial charge in [0.05, 0.1) is 12.3 Å². The lowest BCUT2D eigenvalue weighted by Crippen LogP contribution is -2.08. The van der Waals surface area contributed by atoms with E-state index in [4.69, 9.17) is 4.74 Å². The standard InChI is InChI=1S/C15H20N2OS/c1-5-18-13-8-6-12(7-9-13)14-11(4)19-15(17-14)16-10(2)3/h6-10H,5H2,1-4H3,(H,16,17). The highest BCUT2D eigenvalue weighted by molar-refractivity contribution is 7.16. The van der Waals surface area contributed by atoms with Crippen LogP contribution in [0.15, 0.2) is 24.3 Å². The summed E-state index contributed by atoms with van der Waals surface area (Å²) in [4.78, 5) is 5.89. The molecule has 1 heterocycles. The number of thiazole rings is 1. The molecule has 19 heavy (non-hydrogen) atoms. The maximum atomic E-state index is 5.45. The fourth-order valence-electron chi connectivity index (χ4n) is 1.85. The highest BCUT2D eigenvalue weighted by Crippen LogP contribution is 2.31. The third-order valence-electron chi connectivity index (χ3n) is 2.65. The lowest BCUT2D eigenvalue weighted by Gasteiger charge is -2.05. The SMILES string of the molecule is CCOc1ccc(-c2nc(NC(C)C)sc2C)cc1. The number of hydrogen-bond donors (Lipinski definition) is 1. The Hall–Kier alpha value is -1.55. The van der Waals surface area contributed by atoms with Crippen molar-refractivity contribution in [3.8, 4) is 17.0 Å². The summed E-state index contributed by atoms with van der Waals surface area (Å²) in [7, 11) is 0. The number of aryl methyl sites for hydroxylation is 1. The molecule has 0 aliphatic rings. The average molecular weight is 276 g/mol. The van der Waals surface area contributed by atoms with Gasteiger partial charge in [-0.05, 0) is 52.0 Å². The molecule has 1 N–H and O–H groups in total. The number of nitrogens with zero attached hydrogens (tertiary/aromatic N) is 1. The number of aromatic nitrogens is 1. The van der Waals surface area contributed by atoms with Crippen LogP contribution < -0.4 is 10.1 Å². The lowest BCUT2D eigenvalue weighted by molar-refractivity contribution is 0.340. The molecule has 0 aliphatic heterocycles. The van der Waals surface area contributed by atoms with E-state index >= 15 is 0 Å². The van der Waals surface area contributed by atoms with Crippen molar-refractivity contribution in [2.45, 2.75) is 33.7 Å². The molecule has 3 nitrogen and oxygen atoms in total. The molecule has 2 aromatic rings. The summed E-state index contributed by atoms with van der Waals surface area (Å²) in [6.07, 6.45) is 0. The molecule has 0 unspecified atom stereocenters. The van der Waals surface area contributed by atoms with E-state index in [1.165, 1.54) is 4.88 Å². The van der Waals surface area contributed by atoms with Gasteiger partial charge in [-0.1, -0.05) is 0 Å². The normalized spacial score (nSPS) is 10.8. The maximum Gasteiger partial charge on any atom is 0.183 e. The predicted octanol–water partition coefficient (Wildman–Crippen LogP) is 4.34. The van der Waals surface area contributed by atoms with Gasteiger partial charge in [0, 0.05) is 16.5 Å². The zero-order chi connectivity index (χ0) is 13.8. The van der Waals surface area contributed by atoms with Crippen molar-refractivity contribution in [3.05, 3.63) is 29.1 Å². The molecular formula is C15H20N2OS. The first-order valence-corrected chi connectivity index (χ1v) is 7.39. The number of ether oxygens (including phenoxy) is 1. The monoisotopic (exact) mass is 276 g/mol. The van der Waals surface area contributed by atoms with E-state index < -0.39 is 0 Å². The highest BCUT2D eigenvalue weighted by Gasteiger charge is 2.10. The first-order chi connectivity index (χ1) is 9.10. The second kappa shape index (κ2) is 6.06. The molecule has 0 bridgehead atoms. The topological polar surface area (TPSA) is 34.1 Å². The van der Waals surface area contributed by atoms with Crippen LogP contribution in [-0.4, -0.2) is 17.6 Å². The van der Waals surface area contributed by atoms with Crippen molar-refractivity contribution in [1.29, 1.82) is 0 Å². The van der Waals surface area contributed by atoms with Crippen LogP contribution in [-0.2, 0) is 0 Å². The minimum Gasteiger partial charge on any atom is -0.494 e. The van der Waals surface area contributed by atoms with E-state index in [0.29, 0.717) is 12.6 Å². The first kappa shape index (κ1) is 13.9. The van der Waals surface area contributed by atoms with Crippen molar-refractivity contribution in [1.82, 2.24) is 4.98 Å². The fourth-order valence-corrected chi connectivity index (χ4v) is 2.83. The molecule has 4 heteroatoms. The number of hydrogen-bond acceptors (Lipinski definition) is 4. The molecule has 1 aromatic carbocycles. The van der Waals surface area contributed by atoms with Crippen molar-refractivity contribution in [3.63, 3.8) is 0 Å². The number of nitrogens with one attached hydrogen (secondary N) is 1. The van der Waals surface area contributed by atoms with E-state index in [2.05, 4.69) is 43.2 Å². The van der Waals surface area contributed by atoms with Crippen molar-refractivity contribution in [2.75, 3.05) is 11.9 Å². The Kier molecular flexibility index (Phi) is 4.43. The zero-order valence-electron chi connectivity index (χ0n) is 11.9. The van der Waals surface area contributed by atoms with Crippen LogP contribution in [0.5, 0.6) is 5.75 Å². The van der Waals surface area contributed by atoms with Crippen LogP contribution in [0, 0.1) is 6.92 Å². The van der Waals surface area contributed by atoms with Crippen LogP contribution >= 0.6 is 11.3 Å². The number of benzene rings is 1. The van der Waals surface area contributed by atoms with Gasteiger partial charge in [0.2, 0.25) is 0 Å². The van der Waals surface area contributed by atoms with E-state index in [9.17, 15) is 0 Å². The quantitative estimate of drug-likeness (QED) is 0.882. The molecule has 0 fully saturated rings. The summed E-state index contributed by atoms with van der Waals surface area (Å²) in [5.74, 6) is 0.902. The largest absolute Gasteiger partial charge is 0.494 e. The molecule has 0 atom stereocenters. The van der Waals surface area contributed by atoms with Gasteiger partial charge in [-0.25, -0.2) is 4.98 Å². The Morgan fingerprint density at radius 1 is 1.26 bits per heavy atom. The van der Waals surface area contributed by atoms with Crippen molar-refractivity contribution in [2.24, 2.45) is 0 Å². The number of rotatable bonds is 5. The van der Waals surface area contributed by atoms with Crippen LogP contribution in [0.3, 0.4) is 0 Å². The summed E-state index contributed by atoms with van der Waals surface area (Å²) in [5.41, 5.74) is 2.19. The lowest BCUT2D eigenvalue weighted by atomic mass is 10.1. The maximum absolute atomic E-state index is 5.45. The smallest absolute Gasteiger partial charge is 0.183 e.